The van der Waals surface area contributed by atoms with Gasteiger partial charge in [0.05, 0.1) is 24.1 Å². The molecule has 0 N–H and O–H groups in total. The average molecular weight is 309 g/mol. The Bertz CT molecular complexity index is 467. The van der Waals surface area contributed by atoms with Gasteiger partial charge in [0.15, 0.2) is 0 Å². The summed E-state index contributed by atoms with van der Waals surface area (Å²) in [4.78, 5) is 11.9. The van der Waals surface area contributed by atoms with E-state index in [0.29, 0.717) is 18.8 Å². The van der Waals surface area contributed by atoms with E-state index in [-0.39, 0.29) is 11.0 Å². The summed E-state index contributed by atoms with van der Waals surface area (Å²) >= 11 is 0. The highest BCUT2D eigenvalue weighted by molar-refractivity contribution is 5.83. The molecule has 0 atom stereocenters. The van der Waals surface area contributed by atoms with Gasteiger partial charge in [-0.1, -0.05) is 26.0 Å². The molecule has 5 heteroatoms. The zero-order chi connectivity index (χ0) is 16.8. The first-order valence-electron chi connectivity index (χ1n) is 8.14. The summed E-state index contributed by atoms with van der Waals surface area (Å²) in [7, 11) is 0. The van der Waals surface area contributed by atoms with E-state index < -0.39 is 0 Å². The smallest absolute Gasteiger partial charge is 0.138 e. The van der Waals surface area contributed by atoms with E-state index in [1.807, 2.05) is 25.5 Å². The first-order chi connectivity index (χ1) is 10.1. The fraction of sp³-hybridized carbons (Fsp3) is 0.824. The molecule has 0 aliphatic rings. The van der Waals surface area contributed by atoms with Crippen LogP contribution >= 0.6 is 0 Å². The molecule has 22 heavy (non-hydrogen) atoms. The van der Waals surface area contributed by atoms with Crippen molar-refractivity contribution in [3.8, 4) is 0 Å². The number of rotatable bonds is 8. The molecule has 1 rings (SSSR count). The lowest BCUT2D eigenvalue weighted by molar-refractivity contribution is -0.126. The number of unbranched alkanes of at least 4 members (excludes halogenated alkanes) is 1. The van der Waals surface area contributed by atoms with Crippen LogP contribution in [0.3, 0.4) is 0 Å². The zero-order valence-electron chi connectivity index (χ0n) is 15.0. The molecule has 0 saturated carbocycles. The molecule has 0 aliphatic heterocycles. The van der Waals surface area contributed by atoms with Crippen LogP contribution in [0, 0.1) is 5.41 Å². The van der Waals surface area contributed by atoms with Gasteiger partial charge in [-0.3, -0.25) is 4.79 Å². The molecule has 0 radical (unpaired) electrons. The number of Topliss-reactive ketones (excluding diaryl/α,β-unsaturated/α-hetero) is 1. The summed E-state index contributed by atoms with van der Waals surface area (Å²) in [5.74, 6) is 0.324. The van der Waals surface area contributed by atoms with Crippen LogP contribution in [0.25, 0.3) is 0 Å². The molecular formula is C17H31N3O2. The molecule has 0 fully saturated rings. The molecule has 0 unspecified atom stereocenters. The standard InChI is InChI=1S/C17H31N3O2/c1-16(2,3)15(21)9-7-8-11-20-14(13-18-19-20)10-12-22-17(4,5)6/h13H,7-12H2,1-6H3. The quantitative estimate of drug-likeness (QED) is 0.690. The third-order valence-electron chi connectivity index (χ3n) is 3.45. The van der Waals surface area contributed by atoms with Crippen molar-refractivity contribution >= 4 is 5.78 Å². The van der Waals surface area contributed by atoms with E-state index in [1.54, 1.807) is 6.20 Å². The maximum atomic E-state index is 11.9. The lowest BCUT2D eigenvalue weighted by atomic mass is 9.88. The minimum absolute atomic E-state index is 0.119. The van der Waals surface area contributed by atoms with Crippen LogP contribution < -0.4 is 0 Å². The Morgan fingerprint density at radius 3 is 2.45 bits per heavy atom. The van der Waals surface area contributed by atoms with Gasteiger partial charge in [-0.25, -0.2) is 4.68 Å². The van der Waals surface area contributed by atoms with Gasteiger partial charge in [0, 0.05) is 24.8 Å². The van der Waals surface area contributed by atoms with Crippen molar-refractivity contribution < 1.29 is 9.53 Å². The Morgan fingerprint density at radius 1 is 1.18 bits per heavy atom. The molecular weight excluding hydrogens is 278 g/mol. The van der Waals surface area contributed by atoms with Crippen molar-refractivity contribution in [1.29, 1.82) is 0 Å². The van der Waals surface area contributed by atoms with Gasteiger partial charge in [0.25, 0.3) is 0 Å². The molecule has 126 valence electrons. The van der Waals surface area contributed by atoms with Crippen molar-refractivity contribution in [3.05, 3.63) is 11.9 Å². The van der Waals surface area contributed by atoms with Crippen molar-refractivity contribution in [3.63, 3.8) is 0 Å². The molecule has 0 spiro atoms. The maximum absolute atomic E-state index is 11.9. The number of hydrogen-bond acceptors (Lipinski definition) is 4. The molecule has 1 heterocycles. The van der Waals surface area contributed by atoms with Gasteiger partial charge in [0.2, 0.25) is 0 Å². The van der Waals surface area contributed by atoms with E-state index in [9.17, 15) is 4.79 Å². The third kappa shape index (κ3) is 7.16. The summed E-state index contributed by atoms with van der Waals surface area (Å²) in [6.07, 6.45) is 5.09. The van der Waals surface area contributed by atoms with Crippen LogP contribution in [-0.2, 0) is 22.5 Å². The van der Waals surface area contributed by atoms with Crippen molar-refractivity contribution in [2.24, 2.45) is 5.41 Å². The Hall–Kier alpha value is -1.23. The Balaban J connectivity index is 2.33. The largest absolute Gasteiger partial charge is 0.375 e. The van der Waals surface area contributed by atoms with E-state index in [0.717, 1.165) is 31.5 Å². The molecule has 5 nitrogen and oxygen atoms in total. The Labute approximate surface area is 134 Å². The zero-order valence-corrected chi connectivity index (χ0v) is 15.0. The van der Waals surface area contributed by atoms with Crippen LogP contribution in [0.5, 0.6) is 0 Å². The predicted octanol–water partition coefficient (Wildman–Crippen LogP) is 3.42. The van der Waals surface area contributed by atoms with Crippen molar-refractivity contribution in [2.45, 2.75) is 79.4 Å². The number of nitrogens with zero attached hydrogens (tertiary/aromatic N) is 3. The topological polar surface area (TPSA) is 57.0 Å². The van der Waals surface area contributed by atoms with Gasteiger partial charge in [-0.15, -0.1) is 5.10 Å². The summed E-state index contributed by atoms with van der Waals surface area (Å²) in [6, 6.07) is 0. The van der Waals surface area contributed by atoms with Crippen molar-refractivity contribution in [1.82, 2.24) is 15.0 Å². The highest BCUT2D eigenvalue weighted by atomic mass is 16.5. The van der Waals surface area contributed by atoms with Gasteiger partial charge >= 0.3 is 0 Å². The number of carbonyl (C=O) groups is 1. The normalized spacial score (nSPS) is 12.6. The number of hydrogen-bond donors (Lipinski definition) is 0. The molecule has 0 aliphatic carbocycles. The SMILES string of the molecule is CC(C)(C)OCCc1cnnn1CCCCC(=O)C(C)(C)C. The predicted molar refractivity (Wildman–Crippen MR) is 87.7 cm³/mol. The van der Waals surface area contributed by atoms with E-state index in [1.165, 1.54) is 0 Å². The second-order valence-electron chi connectivity index (χ2n) is 7.79. The van der Waals surface area contributed by atoms with E-state index >= 15 is 0 Å². The summed E-state index contributed by atoms with van der Waals surface area (Å²) in [6.45, 7) is 13.5. The van der Waals surface area contributed by atoms with Gasteiger partial charge in [-0.2, -0.15) is 0 Å². The highest BCUT2D eigenvalue weighted by Crippen LogP contribution is 2.18. The molecule has 0 aromatic carbocycles. The summed E-state index contributed by atoms with van der Waals surface area (Å²) in [5.41, 5.74) is 0.736. The van der Waals surface area contributed by atoms with Crippen LogP contribution in [0.4, 0.5) is 0 Å². The molecule has 1 aromatic rings. The maximum Gasteiger partial charge on any atom is 0.138 e. The number of ketones is 1. The number of carbonyl (C=O) groups excluding carboxylic acids is 1. The fourth-order valence-corrected chi connectivity index (χ4v) is 2.04. The van der Waals surface area contributed by atoms with Gasteiger partial charge in [0.1, 0.15) is 5.78 Å². The lowest BCUT2D eigenvalue weighted by Gasteiger charge is -2.19. The average Bonchev–Trinajstić information content (AvgIpc) is 2.79. The Kier molecular flexibility index (Phi) is 6.72. The van der Waals surface area contributed by atoms with Crippen LogP contribution in [0.1, 0.15) is 66.5 Å². The highest BCUT2D eigenvalue weighted by Gasteiger charge is 2.20. The van der Waals surface area contributed by atoms with Gasteiger partial charge < -0.3 is 4.74 Å². The third-order valence-corrected chi connectivity index (χ3v) is 3.45. The summed E-state index contributed by atoms with van der Waals surface area (Å²) in [5, 5.41) is 8.10. The van der Waals surface area contributed by atoms with Crippen molar-refractivity contribution in [2.75, 3.05) is 6.61 Å². The number of aryl methyl sites for hydroxylation is 1. The van der Waals surface area contributed by atoms with Crippen LogP contribution in [-0.4, -0.2) is 33.0 Å². The minimum atomic E-state index is -0.233. The molecule has 0 saturated heterocycles. The first-order valence-corrected chi connectivity index (χ1v) is 8.14. The number of ether oxygens (including phenoxy) is 1. The van der Waals surface area contributed by atoms with Gasteiger partial charge in [-0.05, 0) is 33.6 Å². The van der Waals surface area contributed by atoms with Crippen LogP contribution in [0.2, 0.25) is 0 Å². The van der Waals surface area contributed by atoms with E-state index in [2.05, 4.69) is 31.1 Å². The molecule has 1 aromatic heterocycles. The number of aromatic nitrogens is 3. The lowest BCUT2D eigenvalue weighted by Crippen LogP contribution is -2.21. The molecule has 0 amide bonds. The second-order valence-corrected chi connectivity index (χ2v) is 7.79. The Morgan fingerprint density at radius 2 is 1.86 bits per heavy atom. The minimum Gasteiger partial charge on any atom is -0.375 e. The van der Waals surface area contributed by atoms with E-state index in [4.69, 9.17) is 4.74 Å². The van der Waals surface area contributed by atoms with Crippen LogP contribution in [0.15, 0.2) is 6.20 Å². The second kappa shape index (κ2) is 7.86. The monoisotopic (exact) mass is 309 g/mol. The summed E-state index contributed by atoms with van der Waals surface area (Å²) < 4.78 is 7.66. The first kappa shape index (κ1) is 18.8. The fourth-order valence-electron chi connectivity index (χ4n) is 2.04. The molecule has 0 bridgehead atoms.